The predicted octanol–water partition coefficient (Wildman–Crippen LogP) is 5.44. The van der Waals surface area contributed by atoms with E-state index in [1.165, 1.54) is 0 Å². The molecule has 0 atom stereocenters. The number of amides is 1. The molecule has 8 heteroatoms. The Hall–Kier alpha value is -3.19. The number of aromatic nitrogens is 3. The summed E-state index contributed by atoms with van der Waals surface area (Å²) < 4.78 is 11.2. The third kappa shape index (κ3) is 7.81. The minimum Gasteiger partial charge on any atom is -0.444 e. The molecule has 2 heterocycles. The molecule has 0 radical (unpaired) electrons. The Morgan fingerprint density at radius 1 is 1.03 bits per heavy atom. The van der Waals surface area contributed by atoms with E-state index in [-0.39, 0.29) is 0 Å². The molecule has 0 aliphatic carbocycles. The number of rotatable bonds is 7. The molecule has 0 saturated carbocycles. The highest BCUT2D eigenvalue weighted by Crippen LogP contribution is 2.22. The molecular formula is C24H27ClN4O3. The number of benzene rings is 1. The zero-order valence-electron chi connectivity index (χ0n) is 18.7. The first-order valence-corrected chi connectivity index (χ1v) is 10.7. The zero-order chi connectivity index (χ0) is 23.1. The molecule has 0 bridgehead atoms. The maximum absolute atomic E-state index is 11.8. The summed E-state index contributed by atoms with van der Waals surface area (Å²) in [4.78, 5) is 24.7. The van der Waals surface area contributed by atoms with Crippen LogP contribution >= 0.6 is 11.6 Å². The van der Waals surface area contributed by atoms with E-state index in [9.17, 15) is 4.79 Å². The fraction of sp³-hybridized carbons (Fsp3) is 0.333. The van der Waals surface area contributed by atoms with Gasteiger partial charge in [0.15, 0.2) is 0 Å². The van der Waals surface area contributed by atoms with Crippen molar-refractivity contribution in [3.05, 3.63) is 76.5 Å². The Morgan fingerprint density at radius 3 is 2.38 bits per heavy atom. The first-order chi connectivity index (χ1) is 15.2. The van der Waals surface area contributed by atoms with Crippen molar-refractivity contribution >= 4 is 17.7 Å². The van der Waals surface area contributed by atoms with E-state index in [2.05, 4.69) is 20.3 Å². The van der Waals surface area contributed by atoms with Crippen LogP contribution in [0.4, 0.5) is 4.79 Å². The number of aryl methyl sites for hydroxylation is 3. The van der Waals surface area contributed by atoms with Crippen LogP contribution in [0, 0.1) is 6.92 Å². The highest BCUT2D eigenvalue weighted by molar-refractivity contribution is 6.30. The number of nitrogens with zero attached hydrogens (tertiary/aromatic N) is 3. The lowest BCUT2D eigenvalue weighted by molar-refractivity contribution is 0.0523. The minimum absolute atomic E-state index is 0.370. The Kier molecular flexibility index (Phi) is 7.64. The smallest absolute Gasteiger partial charge is 0.407 e. The molecule has 0 unspecified atom stereocenters. The van der Waals surface area contributed by atoms with Crippen molar-refractivity contribution in [2.45, 2.75) is 52.7 Å². The number of hydrogen-bond acceptors (Lipinski definition) is 6. The lowest BCUT2D eigenvalue weighted by Gasteiger charge is -2.19. The molecule has 2 aromatic heterocycles. The van der Waals surface area contributed by atoms with Gasteiger partial charge in [-0.1, -0.05) is 23.7 Å². The molecule has 3 rings (SSSR count). The van der Waals surface area contributed by atoms with Crippen LogP contribution in [0.1, 0.15) is 43.4 Å². The average Bonchev–Trinajstić information content (AvgIpc) is 2.71. The van der Waals surface area contributed by atoms with Gasteiger partial charge in [0.1, 0.15) is 17.2 Å². The SMILES string of the molecule is Cc1cc(CCc2ncc(Cl)cn2)cc(Oc2ccc(CNC(=O)OC(C)(C)C)cc2)n1. The van der Waals surface area contributed by atoms with E-state index in [0.717, 1.165) is 29.1 Å². The maximum atomic E-state index is 11.8. The fourth-order valence-corrected chi connectivity index (χ4v) is 3.01. The average molecular weight is 455 g/mol. The van der Waals surface area contributed by atoms with Crippen molar-refractivity contribution in [3.8, 4) is 11.6 Å². The quantitative estimate of drug-likeness (QED) is 0.511. The van der Waals surface area contributed by atoms with Crippen LogP contribution < -0.4 is 10.1 Å². The van der Waals surface area contributed by atoms with Gasteiger partial charge in [0.05, 0.1) is 5.02 Å². The monoisotopic (exact) mass is 454 g/mol. The summed E-state index contributed by atoms with van der Waals surface area (Å²) in [5.41, 5.74) is 2.37. The summed E-state index contributed by atoms with van der Waals surface area (Å²) in [5.74, 6) is 1.93. The third-order valence-electron chi connectivity index (χ3n) is 4.28. The van der Waals surface area contributed by atoms with Gasteiger partial charge >= 0.3 is 6.09 Å². The van der Waals surface area contributed by atoms with Crippen LogP contribution in [0.25, 0.3) is 0 Å². The van der Waals surface area contributed by atoms with Crippen molar-refractivity contribution in [3.63, 3.8) is 0 Å². The van der Waals surface area contributed by atoms with Crippen LogP contribution in [-0.4, -0.2) is 26.6 Å². The first kappa shape index (κ1) is 23.5. The van der Waals surface area contributed by atoms with Gasteiger partial charge in [0.25, 0.3) is 0 Å². The van der Waals surface area contributed by atoms with Crippen molar-refractivity contribution in [2.24, 2.45) is 0 Å². The van der Waals surface area contributed by atoms with E-state index in [4.69, 9.17) is 21.1 Å². The van der Waals surface area contributed by atoms with Gasteiger partial charge in [0, 0.05) is 37.1 Å². The second-order valence-electron chi connectivity index (χ2n) is 8.37. The Balaban J connectivity index is 1.57. The molecule has 0 spiro atoms. The summed E-state index contributed by atoms with van der Waals surface area (Å²) in [6.45, 7) is 7.79. The van der Waals surface area contributed by atoms with Crippen LogP contribution in [0.5, 0.6) is 11.6 Å². The molecule has 1 N–H and O–H groups in total. The lowest BCUT2D eigenvalue weighted by Crippen LogP contribution is -2.32. The first-order valence-electron chi connectivity index (χ1n) is 10.3. The van der Waals surface area contributed by atoms with Gasteiger partial charge in [-0.2, -0.15) is 0 Å². The molecule has 3 aromatic rings. The third-order valence-corrected chi connectivity index (χ3v) is 4.48. The topological polar surface area (TPSA) is 86.2 Å². The van der Waals surface area contributed by atoms with Crippen LogP contribution in [0.15, 0.2) is 48.8 Å². The Labute approximate surface area is 193 Å². The summed E-state index contributed by atoms with van der Waals surface area (Å²) in [6.07, 6.45) is 4.21. The molecule has 1 amide bonds. The molecule has 0 saturated heterocycles. The molecule has 168 valence electrons. The van der Waals surface area contributed by atoms with Crippen molar-refractivity contribution < 1.29 is 14.3 Å². The number of hydrogen-bond donors (Lipinski definition) is 1. The Bertz CT molecular complexity index is 1050. The zero-order valence-corrected chi connectivity index (χ0v) is 19.4. The molecule has 0 aliphatic heterocycles. The number of pyridine rings is 1. The van der Waals surface area contributed by atoms with E-state index in [0.29, 0.717) is 29.6 Å². The highest BCUT2D eigenvalue weighted by Gasteiger charge is 2.15. The van der Waals surface area contributed by atoms with E-state index in [1.807, 2.05) is 64.1 Å². The fourth-order valence-electron chi connectivity index (χ4n) is 2.91. The second-order valence-corrected chi connectivity index (χ2v) is 8.81. The summed E-state index contributed by atoms with van der Waals surface area (Å²) >= 11 is 5.84. The number of carbonyl (C=O) groups is 1. The van der Waals surface area contributed by atoms with E-state index < -0.39 is 11.7 Å². The molecular weight excluding hydrogens is 428 g/mol. The van der Waals surface area contributed by atoms with Gasteiger partial charge in [-0.25, -0.2) is 19.7 Å². The number of ether oxygens (including phenoxy) is 2. The molecule has 32 heavy (non-hydrogen) atoms. The number of halogens is 1. The standard InChI is InChI=1S/C24H27ClN4O3/c1-16-11-18(7-10-21-26-14-19(25)15-27-21)12-22(29-16)31-20-8-5-17(6-9-20)13-28-23(30)32-24(2,3)4/h5-6,8-9,11-12,14-15H,7,10,13H2,1-4H3,(H,28,30). The van der Waals surface area contributed by atoms with E-state index in [1.54, 1.807) is 12.4 Å². The van der Waals surface area contributed by atoms with Gasteiger partial charge in [-0.3, -0.25) is 0 Å². The largest absolute Gasteiger partial charge is 0.444 e. The minimum atomic E-state index is -0.525. The number of carbonyl (C=O) groups excluding carboxylic acids is 1. The van der Waals surface area contributed by atoms with Crippen LogP contribution in [-0.2, 0) is 24.1 Å². The van der Waals surface area contributed by atoms with Crippen LogP contribution in [0.3, 0.4) is 0 Å². The van der Waals surface area contributed by atoms with E-state index >= 15 is 0 Å². The summed E-state index contributed by atoms with van der Waals surface area (Å²) in [6, 6.07) is 11.4. The summed E-state index contributed by atoms with van der Waals surface area (Å²) in [5, 5.41) is 3.26. The van der Waals surface area contributed by atoms with Gasteiger partial charge in [0.2, 0.25) is 5.88 Å². The maximum Gasteiger partial charge on any atom is 0.407 e. The van der Waals surface area contributed by atoms with Crippen molar-refractivity contribution in [1.82, 2.24) is 20.3 Å². The number of alkyl carbamates (subject to hydrolysis) is 1. The molecule has 0 fully saturated rings. The molecule has 0 aliphatic rings. The number of nitrogens with one attached hydrogen (secondary N) is 1. The van der Waals surface area contributed by atoms with Crippen molar-refractivity contribution in [1.29, 1.82) is 0 Å². The molecule has 7 nitrogen and oxygen atoms in total. The second kappa shape index (κ2) is 10.4. The van der Waals surface area contributed by atoms with Crippen molar-refractivity contribution in [2.75, 3.05) is 0 Å². The Morgan fingerprint density at radius 2 is 1.72 bits per heavy atom. The van der Waals surface area contributed by atoms with Gasteiger partial charge in [-0.15, -0.1) is 0 Å². The van der Waals surface area contributed by atoms with Gasteiger partial charge < -0.3 is 14.8 Å². The normalized spacial score (nSPS) is 11.2. The predicted molar refractivity (Wildman–Crippen MR) is 123 cm³/mol. The molecule has 1 aromatic carbocycles. The lowest BCUT2D eigenvalue weighted by atomic mass is 10.1. The van der Waals surface area contributed by atoms with Crippen LogP contribution in [0.2, 0.25) is 5.02 Å². The summed E-state index contributed by atoms with van der Waals surface area (Å²) in [7, 11) is 0. The highest BCUT2D eigenvalue weighted by atomic mass is 35.5. The van der Waals surface area contributed by atoms with Gasteiger partial charge in [-0.05, 0) is 63.4 Å².